The first kappa shape index (κ1) is 13.6. The van der Waals surface area contributed by atoms with Crippen molar-refractivity contribution in [3.8, 4) is 11.3 Å². The fourth-order valence-corrected chi connectivity index (χ4v) is 2.91. The van der Waals surface area contributed by atoms with E-state index in [1.165, 1.54) is 0 Å². The predicted molar refractivity (Wildman–Crippen MR) is 87.6 cm³/mol. The lowest BCUT2D eigenvalue weighted by Gasteiger charge is -2.02. The lowest BCUT2D eigenvalue weighted by Crippen LogP contribution is -2.12. The molecule has 3 rings (SSSR count). The van der Waals surface area contributed by atoms with E-state index in [9.17, 15) is 0 Å². The van der Waals surface area contributed by atoms with Gasteiger partial charge in [-0.25, -0.2) is 4.68 Å². The van der Waals surface area contributed by atoms with Gasteiger partial charge in [-0.05, 0) is 19.1 Å². The van der Waals surface area contributed by atoms with Gasteiger partial charge in [0.05, 0.1) is 17.6 Å². The Morgan fingerprint density at radius 2 is 2.05 bits per heavy atom. The van der Waals surface area contributed by atoms with Crippen molar-refractivity contribution in [2.45, 2.75) is 6.92 Å². The number of thiazole rings is 1. The molecule has 21 heavy (non-hydrogen) atoms. The van der Waals surface area contributed by atoms with Crippen molar-refractivity contribution in [2.24, 2.45) is 10.1 Å². The van der Waals surface area contributed by atoms with Crippen LogP contribution >= 0.6 is 11.3 Å². The minimum absolute atomic E-state index is 0.743. The highest BCUT2D eigenvalue weighted by Crippen LogP contribution is 2.19. The third-order valence-corrected chi connectivity index (χ3v) is 3.84. The summed E-state index contributed by atoms with van der Waals surface area (Å²) in [5.74, 6) is 0. The second-order valence-corrected chi connectivity index (χ2v) is 5.26. The first-order valence-electron chi connectivity index (χ1n) is 6.82. The number of hydrogen-bond donors (Lipinski definition) is 1. The molecule has 106 valence electrons. The van der Waals surface area contributed by atoms with Crippen LogP contribution in [-0.2, 0) is 0 Å². The van der Waals surface area contributed by atoms with E-state index in [1.54, 1.807) is 11.3 Å². The van der Waals surface area contributed by atoms with E-state index in [-0.39, 0.29) is 0 Å². The number of hydrogen-bond acceptors (Lipinski definition) is 3. The van der Waals surface area contributed by atoms with Crippen LogP contribution in [0.1, 0.15) is 12.6 Å². The Bertz CT molecular complexity index is 779. The summed E-state index contributed by atoms with van der Waals surface area (Å²) in [6, 6.07) is 14.2. The lowest BCUT2D eigenvalue weighted by molar-refractivity contribution is 0.832. The van der Waals surface area contributed by atoms with Crippen molar-refractivity contribution < 1.29 is 0 Å². The van der Waals surface area contributed by atoms with Crippen LogP contribution in [0.3, 0.4) is 0 Å². The Hall–Kier alpha value is -2.40. The average Bonchev–Trinajstić information content (AvgIpc) is 3.16. The van der Waals surface area contributed by atoms with Crippen LogP contribution in [0.25, 0.3) is 11.3 Å². The highest BCUT2D eigenvalue weighted by atomic mass is 32.1. The minimum atomic E-state index is 0.743. The molecule has 1 N–H and O–H groups in total. The molecule has 0 saturated carbocycles. The first-order valence-corrected chi connectivity index (χ1v) is 7.70. The Morgan fingerprint density at radius 1 is 1.19 bits per heavy atom. The van der Waals surface area contributed by atoms with Crippen LogP contribution in [0.2, 0.25) is 0 Å². The van der Waals surface area contributed by atoms with E-state index in [1.807, 2.05) is 54.3 Å². The van der Waals surface area contributed by atoms with Gasteiger partial charge in [0.15, 0.2) is 0 Å². The molecule has 0 atom stereocenters. The van der Waals surface area contributed by atoms with Crippen molar-refractivity contribution >= 4 is 17.6 Å². The molecule has 5 heteroatoms. The molecule has 0 aliphatic rings. The highest BCUT2D eigenvalue weighted by Gasteiger charge is 2.06. The summed E-state index contributed by atoms with van der Waals surface area (Å²) in [4.78, 5) is 8.53. The van der Waals surface area contributed by atoms with Crippen LogP contribution in [0.5, 0.6) is 0 Å². The Kier molecular flexibility index (Phi) is 4.12. The fraction of sp³-hybridized carbons (Fsp3) is 0.125. The quantitative estimate of drug-likeness (QED) is 0.718. The van der Waals surface area contributed by atoms with E-state index in [2.05, 4.69) is 32.6 Å². The largest absolute Gasteiger partial charge is 0.360 e. The monoisotopic (exact) mass is 296 g/mol. The van der Waals surface area contributed by atoms with Gasteiger partial charge in [-0.1, -0.05) is 30.3 Å². The minimum Gasteiger partial charge on any atom is -0.360 e. The van der Waals surface area contributed by atoms with Gasteiger partial charge >= 0.3 is 0 Å². The van der Waals surface area contributed by atoms with E-state index in [0.717, 1.165) is 28.3 Å². The van der Waals surface area contributed by atoms with Gasteiger partial charge in [-0.15, -0.1) is 11.3 Å². The zero-order chi connectivity index (χ0) is 14.5. The maximum absolute atomic E-state index is 4.58. The molecule has 4 nitrogen and oxygen atoms in total. The molecule has 0 aliphatic heterocycles. The van der Waals surface area contributed by atoms with E-state index in [0.29, 0.717) is 0 Å². The molecule has 0 bridgehead atoms. The number of nitrogens with zero attached hydrogens (tertiary/aromatic N) is 3. The zero-order valence-corrected chi connectivity index (χ0v) is 12.5. The van der Waals surface area contributed by atoms with Crippen molar-refractivity contribution in [3.63, 3.8) is 0 Å². The number of aromatic nitrogens is 2. The van der Waals surface area contributed by atoms with Gasteiger partial charge in [-0.3, -0.25) is 4.99 Å². The van der Waals surface area contributed by atoms with Crippen molar-refractivity contribution in [2.75, 3.05) is 6.54 Å². The van der Waals surface area contributed by atoms with Crippen molar-refractivity contribution in [3.05, 3.63) is 64.5 Å². The van der Waals surface area contributed by atoms with Gasteiger partial charge in [0.25, 0.3) is 0 Å². The highest BCUT2D eigenvalue weighted by molar-refractivity contribution is 7.07. The maximum atomic E-state index is 4.58. The van der Waals surface area contributed by atoms with Crippen LogP contribution < -0.4 is 4.80 Å². The van der Waals surface area contributed by atoms with Crippen LogP contribution in [0.15, 0.2) is 64.1 Å². The Labute approximate surface area is 127 Å². The van der Waals surface area contributed by atoms with Gasteiger partial charge in [0.1, 0.15) is 0 Å². The molecule has 0 aliphatic carbocycles. The van der Waals surface area contributed by atoms with E-state index < -0.39 is 0 Å². The molecular formula is C16H16N4S. The lowest BCUT2D eigenvalue weighted by atomic mass is 10.2. The molecule has 2 aromatic heterocycles. The number of aromatic amines is 1. The third-order valence-electron chi connectivity index (χ3n) is 2.98. The van der Waals surface area contributed by atoms with Gasteiger partial charge in [-0.2, -0.15) is 5.10 Å². The topological polar surface area (TPSA) is 45.4 Å². The van der Waals surface area contributed by atoms with Gasteiger partial charge in [0.2, 0.25) is 4.80 Å². The summed E-state index contributed by atoms with van der Waals surface area (Å²) in [5.41, 5.74) is 3.15. The van der Waals surface area contributed by atoms with E-state index >= 15 is 0 Å². The van der Waals surface area contributed by atoms with E-state index in [4.69, 9.17) is 0 Å². The number of benzene rings is 1. The molecule has 0 saturated heterocycles. The normalized spacial score (nSPS) is 12.3. The standard InChI is InChI=1S/C16H16N4S/c1-2-17-16-20(19-11-14-9-6-10-18-14)15(12-21-16)13-7-4-3-5-8-13/h3-12,18H,2H2,1H3. The first-order chi connectivity index (χ1) is 10.4. The second kappa shape index (κ2) is 6.37. The van der Waals surface area contributed by atoms with Crippen LogP contribution in [0, 0.1) is 0 Å². The zero-order valence-electron chi connectivity index (χ0n) is 11.7. The fourth-order valence-electron chi connectivity index (χ4n) is 2.01. The summed E-state index contributed by atoms with van der Waals surface area (Å²) in [6.45, 7) is 2.77. The average molecular weight is 296 g/mol. The number of rotatable bonds is 4. The van der Waals surface area contributed by atoms with Crippen LogP contribution in [0.4, 0.5) is 0 Å². The molecule has 0 radical (unpaired) electrons. The Balaban J connectivity index is 2.08. The third kappa shape index (κ3) is 3.03. The van der Waals surface area contributed by atoms with Crippen molar-refractivity contribution in [1.82, 2.24) is 9.66 Å². The van der Waals surface area contributed by atoms with Gasteiger partial charge < -0.3 is 4.98 Å². The molecule has 0 amide bonds. The molecule has 0 unspecified atom stereocenters. The summed E-state index contributed by atoms with van der Waals surface area (Å²) in [5, 5.41) is 6.67. The second-order valence-electron chi connectivity index (χ2n) is 4.43. The summed E-state index contributed by atoms with van der Waals surface area (Å²) < 4.78 is 1.89. The number of H-pyrrole nitrogens is 1. The molecular weight excluding hydrogens is 280 g/mol. The van der Waals surface area contributed by atoms with Crippen molar-refractivity contribution in [1.29, 1.82) is 0 Å². The molecule has 0 fully saturated rings. The summed E-state index contributed by atoms with van der Waals surface area (Å²) >= 11 is 1.61. The smallest absolute Gasteiger partial charge is 0.206 e. The molecule has 3 aromatic rings. The molecule has 2 heterocycles. The molecule has 0 spiro atoms. The SMILES string of the molecule is CCN=c1scc(-c2ccccc2)n1N=Cc1ccc[nH]1. The maximum Gasteiger partial charge on any atom is 0.206 e. The number of nitrogens with one attached hydrogen (secondary N) is 1. The summed E-state index contributed by atoms with van der Waals surface area (Å²) in [7, 11) is 0. The predicted octanol–water partition coefficient (Wildman–Crippen LogP) is 3.35. The Morgan fingerprint density at radius 3 is 2.76 bits per heavy atom. The summed E-state index contributed by atoms with van der Waals surface area (Å²) in [6.07, 6.45) is 3.70. The van der Waals surface area contributed by atoms with Gasteiger partial charge in [0, 0.05) is 23.7 Å². The van der Waals surface area contributed by atoms with Crippen LogP contribution in [-0.4, -0.2) is 22.4 Å². The molecule has 1 aromatic carbocycles.